The molecule has 102 valence electrons. The molecule has 2 aromatic rings. The van der Waals surface area contributed by atoms with Gasteiger partial charge in [-0.25, -0.2) is 9.78 Å². The monoisotopic (exact) mass is 262 g/mol. The predicted octanol–water partition coefficient (Wildman–Crippen LogP) is 1.48. The van der Waals surface area contributed by atoms with Crippen molar-refractivity contribution < 1.29 is 0 Å². The fourth-order valence-electron chi connectivity index (χ4n) is 3.00. The van der Waals surface area contributed by atoms with Crippen LogP contribution in [0.15, 0.2) is 9.59 Å². The summed E-state index contributed by atoms with van der Waals surface area (Å²) in [6.07, 6.45) is 5.62. The van der Waals surface area contributed by atoms with Gasteiger partial charge < -0.3 is 4.57 Å². The summed E-state index contributed by atoms with van der Waals surface area (Å²) in [5.74, 6) is 1.38. The lowest BCUT2D eigenvalue weighted by molar-refractivity contribution is 0.582. The van der Waals surface area contributed by atoms with Crippen molar-refractivity contribution in [2.75, 3.05) is 0 Å². The fourth-order valence-corrected chi connectivity index (χ4v) is 3.00. The standard InChI is InChI=1S/C13H18N4O2/c1-2-7-17-10(8-5-3-4-6-8)14-9-11(17)15-13(19)16-12(9)18/h8H,2-7H2,1H3,(H2,15,16,18,19). The molecule has 2 N–H and O–H groups in total. The van der Waals surface area contributed by atoms with E-state index in [1.54, 1.807) is 0 Å². The van der Waals surface area contributed by atoms with E-state index in [2.05, 4.69) is 21.9 Å². The summed E-state index contributed by atoms with van der Waals surface area (Å²) in [6.45, 7) is 2.86. The Morgan fingerprint density at radius 3 is 2.68 bits per heavy atom. The third-order valence-electron chi connectivity index (χ3n) is 3.84. The molecule has 0 saturated heterocycles. The van der Waals surface area contributed by atoms with E-state index in [0.29, 0.717) is 17.1 Å². The average molecular weight is 262 g/mol. The minimum absolute atomic E-state index is 0.356. The van der Waals surface area contributed by atoms with E-state index in [1.165, 1.54) is 12.8 Å². The number of fused-ring (bicyclic) bond motifs is 1. The van der Waals surface area contributed by atoms with Gasteiger partial charge >= 0.3 is 5.69 Å². The summed E-state index contributed by atoms with van der Waals surface area (Å²) >= 11 is 0. The van der Waals surface area contributed by atoms with Gasteiger partial charge in [0, 0.05) is 12.5 Å². The molecular weight excluding hydrogens is 244 g/mol. The fraction of sp³-hybridized carbons (Fsp3) is 0.615. The highest BCUT2D eigenvalue weighted by Gasteiger charge is 2.24. The second-order valence-corrected chi connectivity index (χ2v) is 5.21. The van der Waals surface area contributed by atoms with Gasteiger partial charge in [0.05, 0.1) is 0 Å². The zero-order valence-corrected chi connectivity index (χ0v) is 11.0. The lowest BCUT2D eigenvalue weighted by Gasteiger charge is -2.12. The minimum atomic E-state index is -0.465. The first-order valence-corrected chi connectivity index (χ1v) is 6.93. The third kappa shape index (κ3) is 2.01. The van der Waals surface area contributed by atoms with Gasteiger partial charge in [0.15, 0.2) is 5.52 Å². The molecule has 0 unspecified atom stereocenters. The molecule has 0 atom stereocenters. The molecule has 0 radical (unpaired) electrons. The maximum Gasteiger partial charge on any atom is 0.327 e. The summed E-state index contributed by atoms with van der Waals surface area (Å²) in [4.78, 5) is 32.7. The molecule has 3 rings (SSSR count). The number of imidazole rings is 1. The van der Waals surface area contributed by atoms with Crippen molar-refractivity contribution >= 4 is 11.2 Å². The number of hydrogen-bond donors (Lipinski definition) is 2. The molecule has 6 heteroatoms. The van der Waals surface area contributed by atoms with Crippen LogP contribution in [-0.4, -0.2) is 19.5 Å². The van der Waals surface area contributed by atoms with Crippen molar-refractivity contribution in [3.8, 4) is 0 Å². The van der Waals surface area contributed by atoms with Gasteiger partial charge in [-0.3, -0.25) is 14.8 Å². The van der Waals surface area contributed by atoms with Gasteiger partial charge in [0.1, 0.15) is 11.5 Å². The molecule has 2 heterocycles. The Morgan fingerprint density at radius 1 is 1.26 bits per heavy atom. The number of aromatic amines is 2. The Morgan fingerprint density at radius 2 is 2.00 bits per heavy atom. The molecule has 2 aromatic heterocycles. The largest absolute Gasteiger partial charge is 0.327 e. The van der Waals surface area contributed by atoms with Crippen molar-refractivity contribution in [3.63, 3.8) is 0 Å². The van der Waals surface area contributed by atoms with Gasteiger partial charge in [-0.1, -0.05) is 19.8 Å². The molecule has 1 aliphatic rings. The van der Waals surface area contributed by atoms with E-state index < -0.39 is 11.2 Å². The normalized spacial score (nSPS) is 16.5. The minimum Gasteiger partial charge on any atom is -0.314 e. The van der Waals surface area contributed by atoms with Gasteiger partial charge in [-0.2, -0.15) is 0 Å². The van der Waals surface area contributed by atoms with Crippen LogP contribution in [0.4, 0.5) is 0 Å². The quantitative estimate of drug-likeness (QED) is 0.878. The highest BCUT2D eigenvalue weighted by Crippen LogP contribution is 2.34. The first-order chi connectivity index (χ1) is 9.20. The predicted molar refractivity (Wildman–Crippen MR) is 72.5 cm³/mol. The Balaban J connectivity index is 2.25. The number of hydrogen-bond acceptors (Lipinski definition) is 3. The molecular formula is C13H18N4O2. The molecule has 0 aliphatic heterocycles. The van der Waals surface area contributed by atoms with E-state index >= 15 is 0 Å². The van der Waals surface area contributed by atoms with Crippen LogP contribution < -0.4 is 11.2 Å². The number of H-pyrrole nitrogens is 2. The molecule has 1 fully saturated rings. The van der Waals surface area contributed by atoms with Crippen molar-refractivity contribution in [3.05, 3.63) is 26.7 Å². The van der Waals surface area contributed by atoms with Crippen molar-refractivity contribution in [2.45, 2.75) is 51.5 Å². The Kier molecular flexibility index (Phi) is 3.00. The van der Waals surface area contributed by atoms with E-state index in [0.717, 1.165) is 31.6 Å². The summed E-state index contributed by atoms with van der Waals surface area (Å²) in [7, 11) is 0. The van der Waals surface area contributed by atoms with Crippen molar-refractivity contribution in [1.29, 1.82) is 0 Å². The molecule has 0 bridgehead atoms. The first-order valence-electron chi connectivity index (χ1n) is 6.93. The SMILES string of the molecule is CCCn1c(C2CCCC2)nc2c(=O)[nH]c(=O)[nH]c21. The molecule has 0 aromatic carbocycles. The van der Waals surface area contributed by atoms with Crippen LogP contribution in [0.25, 0.3) is 11.2 Å². The van der Waals surface area contributed by atoms with Crippen molar-refractivity contribution in [1.82, 2.24) is 19.5 Å². The summed E-state index contributed by atoms with van der Waals surface area (Å²) in [6, 6.07) is 0. The van der Waals surface area contributed by atoms with Gasteiger partial charge in [-0.15, -0.1) is 0 Å². The molecule has 19 heavy (non-hydrogen) atoms. The molecule has 6 nitrogen and oxygen atoms in total. The molecule has 0 amide bonds. The van der Waals surface area contributed by atoms with Gasteiger partial charge in [-0.05, 0) is 19.3 Å². The zero-order valence-electron chi connectivity index (χ0n) is 11.0. The van der Waals surface area contributed by atoms with E-state index in [-0.39, 0.29) is 0 Å². The number of nitrogens with one attached hydrogen (secondary N) is 2. The van der Waals surface area contributed by atoms with Crippen LogP contribution in [-0.2, 0) is 6.54 Å². The van der Waals surface area contributed by atoms with E-state index in [1.807, 2.05) is 4.57 Å². The lowest BCUT2D eigenvalue weighted by atomic mass is 10.1. The maximum absolute atomic E-state index is 11.8. The van der Waals surface area contributed by atoms with Crippen LogP contribution in [0.1, 0.15) is 50.8 Å². The van der Waals surface area contributed by atoms with Crippen LogP contribution in [0, 0.1) is 0 Å². The second kappa shape index (κ2) is 4.68. The number of aryl methyl sites for hydroxylation is 1. The van der Waals surface area contributed by atoms with Crippen LogP contribution >= 0.6 is 0 Å². The first kappa shape index (κ1) is 12.2. The molecule has 1 aliphatic carbocycles. The van der Waals surface area contributed by atoms with Gasteiger partial charge in [0.2, 0.25) is 0 Å². The molecule has 0 spiro atoms. The van der Waals surface area contributed by atoms with Gasteiger partial charge in [0.25, 0.3) is 5.56 Å². The summed E-state index contributed by atoms with van der Waals surface area (Å²) in [5, 5.41) is 0. The van der Waals surface area contributed by atoms with Crippen LogP contribution in [0.3, 0.4) is 0 Å². The zero-order chi connectivity index (χ0) is 13.4. The van der Waals surface area contributed by atoms with Crippen LogP contribution in [0.2, 0.25) is 0 Å². The lowest BCUT2D eigenvalue weighted by Crippen LogP contribution is -2.22. The van der Waals surface area contributed by atoms with E-state index in [4.69, 9.17) is 0 Å². The summed E-state index contributed by atoms with van der Waals surface area (Å²) in [5.41, 5.74) is 0.0630. The number of rotatable bonds is 3. The highest BCUT2D eigenvalue weighted by atomic mass is 16.2. The Hall–Kier alpha value is -1.85. The number of aromatic nitrogens is 4. The maximum atomic E-state index is 11.8. The van der Waals surface area contributed by atoms with Crippen molar-refractivity contribution in [2.24, 2.45) is 0 Å². The van der Waals surface area contributed by atoms with E-state index in [9.17, 15) is 9.59 Å². The molecule has 1 saturated carbocycles. The Labute approximate surface area is 109 Å². The smallest absolute Gasteiger partial charge is 0.314 e. The highest BCUT2D eigenvalue weighted by molar-refractivity contribution is 5.70. The number of nitrogens with zero attached hydrogens (tertiary/aromatic N) is 2. The average Bonchev–Trinajstić information content (AvgIpc) is 2.98. The van der Waals surface area contributed by atoms with Crippen LogP contribution in [0.5, 0.6) is 0 Å². The topological polar surface area (TPSA) is 83.5 Å². The third-order valence-corrected chi connectivity index (χ3v) is 3.84. The summed E-state index contributed by atoms with van der Waals surface area (Å²) < 4.78 is 2.02. The second-order valence-electron chi connectivity index (χ2n) is 5.21. The Bertz CT molecular complexity index is 703.